The molecule has 100 valence electrons. The first-order valence-corrected chi connectivity index (χ1v) is 7.45. The quantitative estimate of drug-likeness (QED) is 0.379. The summed E-state index contributed by atoms with van der Waals surface area (Å²) >= 11 is 2.05. The molecule has 0 spiro atoms. The Balaban J connectivity index is 1.93. The molecular formula is C15H16INO2. The van der Waals surface area contributed by atoms with Crippen LogP contribution in [-0.4, -0.2) is 23.0 Å². The van der Waals surface area contributed by atoms with Crippen LogP contribution in [0.1, 0.15) is 6.92 Å². The maximum absolute atomic E-state index is 11.3. The van der Waals surface area contributed by atoms with Gasteiger partial charge in [0.25, 0.3) is 0 Å². The smallest absolute Gasteiger partial charge is 0.318 e. The lowest BCUT2D eigenvalue weighted by molar-refractivity contribution is -0.141. The fraction of sp³-hybridized carbons (Fsp3) is 0.267. The summed E-state index contributed by atoms with van der Waals surface area (Å²) in [6, 6.07) is 14.3. The summed E-state index contributed by atoms with van der Waals surface area (Å²) in [5, 5.41) is 5.68. The van der Waals surface area contributed by atoms with Crippen molar-refractivity contribution in [3.63, 3.8) is 0 Å². The lowest BCUT2D eigenvalue weighted by Gasteiger charge is -2.10. The maximum Gasteiger partial charge on any atom is 0.318 e. The van der Waals surface area contributed by atoms with E-state index in [4.69, 9.17) is 4.74 Å². The third kappa shape index (κ3) is 3.83. The van der Waals surface area contributed by atoms with E-state index in [1.54, 1.807) is 0 Å². The third-order valence-electron chi connectivity index (χ3n) is 2.78. The number of carbonyl (C=O) groups excluding carboxylic acids is 1. The van der Waals surface area contributed by atoms with Gasteiger partial charge in [-0.05, 0) is 18.4 Å². The minimum absolute atomic E-state index is 0.102. The molecule has 0 amide bonds. The second-order valence-corrected chi connectivity index (χ2v) is 6.11. The van der Waals surface area contributed by atoms with Crippen molar-refractivity contribution in [1.29, 1.82) is 0 Å². The molecule has 1 atom stereocenters. The SMILES string of the molecule is CC(I)C(=O)OCCNc1cccc2ccccc12. The molecule has 0 saturated carbocycles. The molecule has 0 aliphatic carbocycles. The van der Waals surface area contributed by atoms with E-state index in [9.17, 15) is 4.79 Å². The normalized spacial score (nSPS) is 12.1. The molecule has 0 aliphatic heterocycles. The van der Waals surface area contributed by atoms with Crippen molar-refractivity contribution in [3.8, 4) is 0 Å². The fourth-order valence-corrected chi connectivity index (χ4v) is 2.01. The molecular weight excluding hydrogens is 353 g/mol. The Bertz CT molecular complexity index is 564. The van der Waals surface area contributed by atoms with Crippen molar-refractivity contribution in [3.05, 3.63) is 42.5 Å². The van der Waals surface area contributed by atoms with Gasteiger partial charge in [0.05, 0.1) is 0 Å². The first-order valence-electron chi connectivity index (χ1n) is 6.21. The molecule has 2 aromatic rings. The van der Waals surface area contributed by atoms with Crippen molar-refractivity contribution in [2.45, 2.75) is 10.8 Å². The molecule has 19 heavy (non-hydrogen) atoms. The number of hydrogen-bond donors (Lipinski definition) is 1. The molecule has 0 aromatic heterocycles. The van der Waals surface area contributed by atoms with Gasteiger partial charge in [-0.15, -0.1) is 0 Å². The molecule has 1 N–H and O–H groups in total. The summed E-state index contributed by atoms with van der Waals surface area (Å²) in [6.07, 6.45) is 0. The Morgan fingerprint density at radius 3 is 2.79 bits per heavy atom. The van der Waals surface area contributed by atoms with Crippen molar-refractivity contribution in [1.82, 2.24) is 0 Å². The van der Waals surface area contributed by atoms with Gasteiger partial charge in [-0.1, -0.05) is 59.0 Å². The number of halogens is 1. The van der Waals surface area contributed by atoms with E-state index >= 15 is 0 Å². The van der Waals surface area contributed by atoms with Crippen molar-refractivity contribution < 1.29 is 9.53 Å². The Kier molecular flexibility index (Phi) is 5.01. The summed E-state index contributed by atoms with van der Waals surface area (Å²) in [5.74, 6) is -0.166. The van der Waals surface area contributed by atoms with E-state index in [0.29, 0.717) is 13.2 Å². The number of rotatable bonds is 5. The predicted molar refractivity (Wildman–Crippen MR) is 86.9 cm³/mol. The molecule has 1 unspecified atom stereocenters. The number of anilines is 1. The van der Waals surface area contributed by atoms with Crippen LogP contribution in [0.5, 0.6) is 0 Å². The van der Waals surface area contributed by atoms with Crippen LogP contribution in [0, 0.1) is 0 Å². The number of benzene rings is 2. The minimum Gasteiger partial charge on any atom is -0.463 e. The van der Waals surface area contributed by atoms with Crippen molar-refractivity contribution >= 4 is 45.0 Å². The third-order valence-corrected chi connectivity index (χ3v) is 3.28. The van der Waals surface area contributed by atoms with Crippen LogP contribution in [0.2, 0.25) is 0 Å². The maximum atomic E-state index is 11.3. The molecule has 0 radical (unpaired) electrons. The summed E-state index contributed by atoms with van der Waals surface area (Å²) in [5.41, 5.74) is 1.07. The van der Waals surface area contributed by atoms with Crippen LogP contribution >= 0.6 is 22.6 Å². The summed E-state index contributed by atoms with van der Waals surface area (Å²) in [4.78, 5) is 11.3. The zero-order valence-electron chi connectivity index (χ0n) is 10.7. The lowest BCUT2D eigenvalue weighted by Crippen LogP contribution is -2.18. The van der Waals surface area contributed by atoms with Crippen LogP contribution in [0.3, 0.4) is 0 Å². The van der Waals surface area contributed by atoms with Crippen LogP contribution in [-0.2, 0) is 9.53 Å². The number of fused-ring (bicyclic) bond motifs is 1. The molecule has 0 saturated heterocycles. The molecule has 2 aromatic carbocycles. The van der Waals surface area contributed by atoms with Crippen molar-refractivity contribution in [2.24, 2.45) is 0 Å². The molecule has 2 rings (SSSR count). The van der Waals surface area contributed by atoms with Crippen LogP contribution in [0.4, 0.5) is 5.69 Å². The van der Waals surface area contributed by atoms with Gasteiger partial charge in [0.15, 0.2) is 0 Å². The molecule has 0 bridgehead atoms. The van der Waals surface area contributed by atoms with E-state index < -0.39 is 0 Å². The Labute approximate surface area is 126 Å². The molecule has 0 heterocycles. The van der Waals surface area contributed by atoms with Gasteiger partial charge in [0.1, 0.15) is 10.5 Å². The van der Waals surface area contributed by atoms with E-state index in [1.807, 2.05) is 53.8 Å². The zero-order chi connectivity index (χ0) is 13.7. The highest BCUT2D eigenvalue weighted by atomic mass is 127. The van der Waals surface area contributed by atoms with Gasteiger partial charge in [0, 0.05) is 17.6 Å². The van der Waals surface area contributed by atoms with Crippen molar-refractivity contribution in [2.75, 3.05) is 18.5 Å². The first kappa shape index (κ1) is 14.1. The van der Waals surface area contributed by atoms with Gasteiger partial charge in [-0.25, -0.2) is 0 Å². The zero-order valence-corrected chi connectivity index (χ0v) is 12.9. The van der Waals surface area contributed by atoms with E-state index in [2.05, 4.69) is 23.5 Å². The number of nitrogens with one attached hydrogen (secondary N) is 1. The van der Waals surface area contributed by atoms with E-state index in [-0.39, 0.29) is 9.89 Å². The predicted octanol–water partition coefficient (Wildman–Crippen LogP) is 3.62. The second kappa shape index (κ2) is 6.75. The highest BCUT2D eigenvalue weighted by molar-refractivity contribution is 14.1. The topological polar surface area (TPSA) is 38.3 Å². The molecule has 0 aliphatic rings. The molecule has 0 fully saturated rings. The van der Waals surface area contributed by atoms with Gasteiger partial charge in [-0.3, -0.25) is 4.79 Å². The Hall–Kier alpha value is -1.30. The fourth-order valence-electron chi connectivity index (χ4n) is 1.83. The number of esters is 1. The van der Waals surface area contributed by atoms with E-state index in [1.165, 1.54) is 10.8 Å². The monoisotopic (exact) mass is 369 g/mol. The number of carbonyl (C=O) groups is 1. The Morgan fingerprint density at radius 2 is 2.00 bits per heavy atom. The van der Waals surface area contributed by atoms with Gasteiger partial charge >= 0.3 is 5.97 Å². The highest BCUT2D eigenvalue weighted by Gasteiger charge is 2.09. The average Bonchev–Trinajstić information content (AvgIpc) is 2.43. The van der Waals surface area contributed by atoms with E-state index in [0.717, 1.165) is 5.69 Å². The largest absolute Gasteiger partial charge is 0.463 e. The number of hydrogen-bond acceptors (Lipinski definition) is 3. The van der Waals surface area contributed by atoms with Gasteiger partial charge in [0.2, 0.25) is 0 Å². The minimum atomic E-state index is -0.166. The van der Waals surface area contributed by atoms with Crippen LogP contribution in [0.15, 0.2) is 42.5 Å². The number of ether oxygens (including phenoxy) is 1. The van der Waals surface area contributed by atoms with Crippen LogP contribution < -0.4 is 5.32 Å². The van der Waals surface area contributed by atoms with Crippen LogP contribution in [0.25, 0.3) is 10.8 Å². The standard InChI is InChI=1S/C15H16INO2/c1-11(16)15(18)19-10-9-17-14-8-4-6-12-5-2-3-7-13(12)14/h2-8,11,17H,9-10H2,1H3. The van der Waals surface area contributed by atoms with Gasteiger partial charge < -0.3 is 10.1 Å². The highest BCUT2D eigenvalue weighted by Crippen LogP contribution is 2.22. The Morgan fingerprint density at radius 1 is 1.26 bits per heavy atom. The van der Waals surface area contributed by atoms with Gasteiger partial charge in [-0.2, -0.15) is 0 Å². The molecule has 3 nitrogen and oxygen atoms in total. The summed E-state index contributed by atoms with van der Waals surface area (Å²) < 4.78 is 5.03. The lowest BCUT2D eigenvalue weighted by atomic mass is 10.1. The second-order valence-electron chi connectivity index (χ2n) is 4.24. The number of alkyl halides is 1. The summed E-state index contributed by atoms with van der Waals surface area (Å²) in [6.45, 7) is 2.82. The molecule has 4 heteroatoms. The average molecular weight is 369 g/mol. The summed E-state index contributed by atoms with van der Waals surface area (Å²) in [7, 11) is 0. The first-order chi connectivity index (χ1) is 9.18.